The van der Waals surface area contributed by atoms with Crippen molar-refractivity contribution in [3.05, 3.63) is 30.5 Å². The second kappa shape index (κ2) is 5.77. The zero-order chi connectivity index (χ0) is 14.7. The van der Waals surface area contributed by atoms with Gasteiger partial charge in [0.2, 0.25) is 0 Å². The molecule has 0 amide bonds. The Morgan fingerprint density at radius 3 is 2.70 bits per heavy atom. The van der Waals surface area contributed by atoms with E-state index in [-0.39, 0.29) is 17.6 Å². The monoisotopic (exact) mass is 274 g/mol. The van der Waals surface area contributed by atoms with Gasteiger partial charge >= 0.3 is 5.97 Å². The van der Waals surface area contributed by atoms with Crippen molar-refractivity contribution in [1.29, 1.82) is 0 Å². The van der Waals surface area contributed by atoms with Crippen LogP contribution in [0.2, 0.25) is 0 Å². The number of esters is 1. The van der Waals surface area contributed by atoms with E-state index in [2.05, 4.69) is 10.3 Å². The molecular formula is C15H18N2O3. The summed E-state index contributed by atoms with van der Waals surface area (Å²) in [4.78, 5) is 16.0. The van der Waals surface area contributed by atoms with Crippen LogP contribution in [0, 0.1) is 5.92 Å². The Bertz CT molecular complexity index is 626. The number of aromatic hydroxyl groups is 1. The number of methoxy groups -OCH3 is 1. The first-order valence-electron chi connectivity index (χ1n) is 6.44. The van der Waals surface area contributed by atoms with Crippen molar-refractivity contribution in [2.24, 2.45) is 5.92 Å². The molecule has 0 bridgehead atoms. The molecule has 5 nitrogen and oxygen atoms in total. The molecule has 1 unspecified atom stereocenters. The maximum atomic E-state index is 11.7. The lowest BCUT2D eigenvalue weighted by Crippen LogP contribution is -2.35. The highest BCUT2D eigenvalue weighted by Crippen LogP contribution is 2.22. The number of hydrogen-bond donors (Lipinski definition) is 2. The first-order valence-corrected chi connectivity index (χ1v) is 6.44. The lowest BCUT2D eigenvalue weighted by molar-refractivity contribution is -0.142. The van der Waals surface area contributed by atoms with Crippen LogP contribution >= 0.6 is 0 Å². The van der Waals surface area contributed by atoms with Gasteiger partial charge in [-0.1, -0.05) is 13.8 Å². The van der Waals surface area contributed by atoms with E-state index in [4.69, 9.17) is 4.74 Å². The fourth-order valence-corrected chi connectivity index (χ4v) is 1.99. The third-order valence-corrected chi connectivity index (χ3v) is 3.13. The van der Waals surface area contributed by atoms with Crippen molar-refractivity contribution in [3.63, 3.8) is 0 Å². The molecule has 0 aliphatic heterocycles. The normalized spacial score (nSPS) is 12.4. The molecule has 1 heterocycles. The van der Waals surface area contributed by atoms with Gasteiger partial charge in [0, 0.05) is 11.6 Å². The number of aromatic nitrogens is 1. The third-order valence-electron chi connectivity index (χ3n) is 3.13. The molecule has 2 aromatic rings. The molecule has 0 aliphatic rings. The summed E-state index contributed by atoms with van der Waals surface area (Å²) in [6.45, 7) is 3.86. The number of ether oxygens (including phenoxy) is 1. The van der Waals surface area contributed by atoms with E-state index in [0.717, 1.165) is 10.8 Å². The predicted octanol–water partition coefficient (Wildman–Crippen LogP) is 2.55. The van der Waals surface area contributed by atoms with E-state index < -0.39 is 6.04 Å². The summed E-state index contributed by atoms with van der Waals surface area (Å²) in [5.74, 6) is 0.525. The Hall–Kier alpha value is -2.30. The van der Waals surface area contributed by atoms with Gasteiger partial charge in [-0.25, -0.2) is 9.78 Å². The average Bonchev–Trinajstić information content (AvgIpc) is 2.43. The van der Waals surface area contributed by atoms with Crippen LogP contribution in [-0.4, -0.2) is 29.2 Å². The van der Waals surface area contributed by atoms with Gasteiger partial charge in [0.25, 0.3) is 0 Å². The summed E-state index contributed by atoms with van der Waals surface area (Å²) in [6.07, 6.45) is 1.70. The van der Waals surface area contributed by atoms with Crippen LogP contribution in [-0.2, 0) is 9.53 Å². The van der Waals surface area contributed by atoms with Crippen molar-refractivity contribution in [1.82, 2.24) is 4.98 Å². The SMILES string of the molecule is COC(=O)C(Nc1cc2cc(O)ccc2cn1)C(C)C. The van der Waals surface area contributed by atoms with Gasteiger partial charge in [0.15, 0.2) is 0 Å². The molecular weight excluding hydrogens is 256 g/mol. The standard InChI is InChI=1S/C15H18N2O3/c1-9(2)14(15(19)20-3)17-13-7-11-6-12(18)5-4-10(11)8-16-13/h4-9,14,18H,1-3H3,(H,16,17). The Balaban J connectivity index is 2.30. The Morgan fingerprint density at radius 2 is 2.05 bits per heavy atom. The van der Waals surface area contributed by atoms with Crippen molar-refractivity contribution in [3.8, 4) is 5.75 Å². The van der Waals surface area contributed by atoms with Crippen molar-refractivity contribution < 1.29 is 14.6 Å². The van der Waals surface area contributed by atoms with Crippen LogP contribution in [0.1, 0.15) is 13.8 Å². The van der Waals surface area contributed by atoms with Gasteiger partial charge in [-0.15, -0.1) is 0 Å². The van der Waals surface area contributed by atoms with Gasteiger partial charge in [0.05, 0.1) is 7.11 Å². The molecule has 0 saturated heterocycles. The minimum Gasteiger partial charge on any atom is -0.508 e. The van der Waals surface area contributed by atoms with E-state index in [0.29, 0.717) is 5.82 Å². The molecule has 106 valence electrons. The predicted molar refractivity (Wildman–Crippen MR) is 77.7 cm³/mol. The minimum absolute atomic E-state index is 0.0733. The third kappa shape index (κ3) is 2.99. The number of anilines is 1. The number of carbonyl (C=O) groups is 1. The number of hydrogen-bond acceptors (Lipinski definition) is 5. The van der Waals surface area contributed by atoms with Crippen LogP contribution in [0.5, 0.6) is 5.75 Å². The Morgan fingerprint density at radius 1 is 1.30 bits per heavy atom. The molecule has 1 aromatic carbocycles. The van der Waals surface area contributed by atoms with E-state index in [1.807, 2.05) is 13.8 Å². The summed E-state index contributed by atoms with van der Waals surface area (Å²) < 4.78 is 4.78. The van der Waals surface area contributed by atoms with Crippen molar-refractivity contribution >= 4 is 22.6 Å². The van der Waals surface area contributed by atoms with E-state index in [1.54, 1.807) is 30.5 Å². The van der Waals surface area contributed by atoms with Gasteiger partial charge in [-0.05, 0) is 35.6 Å². The topological polar surface area (TPSA) is 71.5 Å². The number of nitrogens with zero attached hydrogens (tertiary/aromatic N) is 1. The molecule has 1 atom stereocenters. The molecule has 5 heteroatoms. The highest BCUT2D eigenvalue weighted by Gasteiger charge is 2.23. The summed E-state index contributed by atoms with van der Waals surface area (Å²) in [6, 6.07) is 6.41. The number of phenolic OH excluding ortho intramolecular Hbond substituents is 1. The van der Waals surface area contributed by atoms with Gasteiger partial charge in [-0.3, -0.25) is 0 Å². The van der Waals surface area contributed by atoms with Crippen LogP contribution in [0.25, 0.3) is 10.8 Å². The summed E-state index contributed by atoms with van der Waals surface area (Å²) in [5.41, 5.74) is 0. The van der Waals surface area contributed by atoms with Crippen LogP contribution in [0.3, 0.4) is 0 Å². The second-order valence-electron chi connectivity index (χ2n) is 4.99. The maximum Gasteiger partial charge on any atom is 0.328 e. The number of rotatable bonds is 4. The van der Waals surface area contributed by atoms with Crippen LogP contribution < -0.4 is 5.32 Å². The fourth-order valence-electron chi connectivity index (χ4n) is 1.99. The second-order valence-corrected chi connectivity index (χ2v) is 4.99. The lowest BCUT2D eigenvalue weighted by Gasteiger charge is -2.20. The molecule has 0 radical (unpaired) electrons. The van der Waals surface area contributed by atoms with Crippen molar-refractivity contribution in [2.75, 3.05) is 12.4 Å². The first-order chi connectivity index (χ1) is 9.51. The van der Waals surface area contributed by atoms with Gasteiger partial charge in [0.1, 0.15) is 17.6 Å². The maximum absolute atomic E-state index is 11.7. The largest absolute Gasteiger partial charge is 0.508 e. The summed E-state index contributed by atoms with van der Waals surface area (Å²) >= 11 is 0. The molecule has 1 aromatic heterocycles. The van der Waals surface area contributed by atoms with E-state index >= 15 is 0 Å². The highest BCUT2D eigenvalue weighted by molar-refractivity contribution is 5.86. The molecule has 0 spiro atoms. The number of nitrogens with one attached hydrogen (secondary N) is 1. The fraction of sp³-hybridized carbons (Fsp3) is 0.333. The lowest BCUT2D eigenvalue weighted by atomic mass is 10.0. The quantitative estimate of drug-likeness (QED) is 0.838. The molecule has 0 aliphatic carbocycles. The average molecular weight is 274 g/mol. The number of pyridine rings is 1. The molecule has 0 saturated carbocycles. The molecule has 2 rings (SSSR count). The van der Waals surface area contributed by atoms with Gasteiger partial charge in [-0.2, -0.15) is 0 Å². The smallest absolute Gasteiger partial charge is 0.328 e. The number of benzene rings is 1. The first kappa shape index (κ1) is 14.1. The summed E-state index contributed by atoms with van der Waals surface area (Å²) in [7, 11) is 1.37. The zero-order valence-corrected chi connectivity index (χ0v) is 11.8. The van der Waals surface area contributed by atoms with Crippen molar-refractivity contribution in [2.45, 2.75) is 19.9 Å². The zero-order valence-electron chi connectivity index (χ0n) is 11.8. The number of phenols is 1. The van der Waals surface area contributed by atoms with Crippen LogP contribution in [0.4, 0.5) is 5.82 Å². The highest BCUT2D eigenvalue weighted by atomic mass is 16.5. The van der Waals surface area contributed by atoms with E-state index in [1.165, 1.54) is 7.11 Å². The molecule has 20 heavy (non-hydrogen) atoms. The molecule has 2 N–H and O–H groups in total. The Labute approximate surface area is 117 Å². The summed E-state index contributed by atoms with van der Waals surface area (Å²) in [5, 5.41) is 14.4. The number of fused-ring (bicyclic) bond motifs is 1. The minimum atomic E-state index is -0.456. The van der Waals surface area contributed by atoms with Gasteiger partial charge < -0.3 is 15.2 Å². The van der Waals surface area contributed by atoms with E-state index in [9.17, 15) is 9.90 Å². The molecule has 0 fully saturated rings. The number of carbonyl (C=O) groups excluding carboxylic acids is 1. The van der Waals surface area contributed by atoms with Crippen LogP contribution in [0.15, 0.2) is 30.5 Å². The Kier molecular flexibility index (Phi) is 4.08.